The van der Waals surface area contributed by atoms with Crippen molar-refractivity contribution >= 4 is 43.4 Å². The molecular weight excluding hydrogens is 407 g/mol. The van der Waals surface area contributed by atoms with E-state index in [1.807, 2.05) is 72.8 Å². The van der Waals surface area contributed by atoms with E-state index in [0.717, 1.165) is 26.6 Å². The number of carbonyl (C=O) groups excluding carboxylic acids is 1. The van der Waals surface area contributed by atoms with Gasteiger partial charge in [0.15, 0.2) is 5.13 Å². The Bertz CT molecular complexity index is 1380. The number of hydrogen-bond donors (Lipinski definition) is 0. The van der Waals surface area contributed by atoms with Crippen LogP contribution in [0.2, 0.25) is 0 Å². The molecule has 0 saturated carbocycles. The van der Waals surface area contributed by atoms with Crippen LogP contribution in [0.1, 0.15) is 11.1 Å². The van der Waals surface area contributed by atoms with Gasteiger partial charge in [0.25, 0.3) is 0 Å². The molecule has 0 radical (unpaired) electrons. The lowest BCUT2D eigenvalue weighted by Crippen LogP contribution is -2.31. The van der Waals surface area contributed by atoms with Gasteiger partial charge in [-0.1, -0.05) is 90.2 Å². The molecule has 31 heavy (non-hydrogen) atoms. The number of para-hydroxylation sites is 1. The number of carbonyl (C=O) groups is 1. The maximum absolute atomic E-state index is 14.2. The Morgan fingerprint density at radius 3 is 2.42 bits per heavy atom. The zero-order valence-corrected chi connectivity index (χ0v) is 17.5. The van der Waals surface area contributed by atoms with E-state index in [1.54, 1.807) is 11.0 Å². The Morgan fingerprint density at radius 2 is 1.61 bits per heavy atom. The number of benzene rings is 4. The van der Waals surface area contributed by atoms with E-state index in [-0.39, 0.29) is 18.1 Å². The summed E-state index contributed by atoms with van der Waals surface area (Å²) >= 11 is 1.33. The molecule has 0 aliphatic rings. The van der Waals surface area contributed by atoms with E-state index in [9.17, 15) is 9.18 Å². The van der Waals surface area contributed by atoms with Crippen LogP contribution >= 0.6 is 11.3 Å². The van der Waals surface area contributed by atoms with E-state index < -0.39 is 0 Å². The fraction of sp³-hybridized carbons (Fsp3) is 0.0769. The summed E-state index contributed by atoms with van der Waals surface area (Å²) in [7, 11) is 0. The molecule has 3 nitrogen and oxygen atoms in total. The summed E-state index contributed by atoms with van der Waals surface area (Å²) in [6.45, 7) is 0.384. The molecule has 0 bridgehead atoms. The molecule has 0 saturated heterocycles. The number of halogens is 1. The molecule has 5 aromatic rings. The molecule has 5 rings (SSSR count). The minimum absolute atomic E-state index is 0.0707. The molecular formula is C26H19FN2OS. The van der Waals surface area contributed by atoms with Gasteiger partial charge >= 0.3 is 0 Å². The summed E-state index contributed by atoms with van der Waals surface area (Å²) in [5.74, 6) is -0.444. The van der Waals surface area contributed by atoms with Crippen molar-refractivity contribution in [2.24, 2.45) is 0 Å². The van der Waals surface area contributed by atoms with Crippen molar-refractivity contribution in [1.29, 1.82) is 0 Å². The van der Waals surface area contributed by atoms with Gasteiger partial charge in [-0.15, -0.1) is 0 Å². The number of aromatic nitrogens is 1. The van der Waals surface area contributed by atoms with Gasteiger partial charge in [-0.2, -0.15) is 0 Å². The molecule has 1 heterocycles. The standard InChI is InChI=1S/C26H19FN2OS/c27-22-11-6-12-23-25(22)28-26(31-23)29(17-18-7-2-1-3-8-18)24(30)16-19-13-14-20-9-4-5-10-21(20)15-19/h1-15H,16-17H2. The highest BCUT2D eigenvalue weighted by Gasteiger charge is 2.21. The molecule has 0 spiro atoms. The average Bonchev–Trinajstić information content (AvgIpc) is 3.23. The predicted octanol–water partition coefficient (Wildman–Crippen LogP) is 6.36. The summed E-state index contributed by atoms with van der Waals surface area (Å²) in [6.07, 6.45) is 0.246. The third-order valence-corrected chi connectivity index (χ3v) is 6.29. The third kappa shape index (κ3) is 4.05. The van der Waals surface area contributed by atoms with Crippen LogP contribution in [-0.2, 0) is 17.8 Å². The highest BCUT2D eigenvalue weighted by Crippen LogP contribution is 2.31. The van der Waals surface area contributed by atoms with Crippen molar-refractivity contribution in [3.8, 4) is 0 Å². The highest BCUT2D eigenvalue weighted by molar-refractivity contribution is 7.22. The Balaban J connectivity index is 1.50. The van der Waals surface area contributed by atoms with E-state index in [2.05, 4.69) is 11.1 Å². The van der Waals surface area contributed by atoms with Crippen molar-refractivity contribution in [2.45, 2.75) is 13.0 Å². The Labute approximate surface area is 183 Å². The van der Waals surface area contributed by atoms with Gasteiger partial charge in [0.05, 0.1) is 17.7 Å². The van der Waals surface area contributed by atoms with Crippen LogP contribution in [0, 0.1) is 5.82 Å². The quantitative estimate of drug-likeness (QED) is 0.327. The second-order valence-electron chi connectivity index (χ2n) is 7.41. The van der Waals surface area contributed by atoms with Crippen molar-refractivity contribution in [1.82, 2.24) is 4.98 Å². The van der Waals surface area contributed by atoms with E-state index >= 15 is 0 Å². The number of amides is 1. The summed E-state index contributed by atoms with van der Waals surface area (Å²) in [5.41, 5.74) is 2.24. The molecule has 152 valence electrons. The predicted molar refractivity (Wildman–Crippen MR) is 125 cm³/mol. The normalized spacial score (nSPS) is 11.1. The van der Waals surface area contributed by atoms with Crippen LogP contribution in [-0.4, -0.2) is 10.9 Å². The van der Waals surface area contributed by atoms with E-state index in [0.29, 0.717) is 17.2 Å². The number of thiazole rings is 1. The summed E-state index contributed by atoms with van der Waals surface area (Å²) in [5, 5.41) is 2.75. The molecule has 0 atom stereocenters. The average molecular weight is 427 g/mol. The van der Waals surface area contributed by atoms with Gasteiger partial charge in [-0.05, 0) is 34.0 Å². The zero-order valence-electron chi connectivity index (χ0n) is 16.7. The van der Waals surface area contributed by atoms with Gasteiger partial charge in [0, 0.05) is 0 Å². The van der Waals surface area contributed by atoms with E-state index in [4.69, 9.17) is 0 Å². The van der Waals surface area contributed by atoms with Crippen LogP contribution in [0.3, 0.4) is 0 Å². The first-order chi connectivity index (χ1) is 15.2. The SMILES string of the molecule is O=C(Cc1ccc2ccccc2c1)N(Cc1ccccc1)c1nc2c(F)cccc2s1. The van der Waals surface area contributed by atoms with E-state index in [1.165, 1.54) is 17.4 Å². The van der Waals surface area contributed by atoms with Gasteiger partial charge < -0.3 is 0 Å². The first-order valence-electron chi connectivity index (χ1n) is 10.0. The van der Waals surface area contributed by atoms with Crippen molar-refractivity contribution in [3.63, 3.8) is 0 Å². The molecule has 1 aromatic heterocycles. The highest BCUT2D eigenvalue weighted by atomic mass is 32.1. The smallest absolute Gasteiger partial charge is 0.233 e. The summed E-state index contributed by atoms with van der Waals surface area (Å²) in [6, 6.07) is 28.8. The first kappa shape index (κ1) is 19.4. The monoisotopic (exact) mass is 426 g/mol. The van der Waals surface area contributed by atoms with Crippen molar-refractivity contribution < 1.29 is 9.18 Å². The second kappa shape index (κ2) is 8.28. The van der Waals surface area contributed by atoms with Crippen molar-refractivity contribution in [3.05, 3.63) is 108 Å². The molecule has 0 unspecified atom stereocenters. The molecule has 1 amide bonds. The van der Waals surface area contributed by atoms with Gasteiger partial charge in [-0.25, -0.2) is 9.37 Å². The minimum atomic E-state index is -0.373. The lowest BCUT2D eigenvalue weighted by atomic mass is 10.0. The van der Waals surface area contributed by atoms with Crippen LogP contribution in [0.4, 0.5) is 9.52 Å². The molecule has 4 aromatic carbocycles. The number of fused-ring (bicyclic) bond motifs is 2. The maximum Gasteiger partial charge on any atom is 0.233 e. The third-order valence-electron chi connectivity index (χ3n) is 5.24. The van der Waals surface area contributed by atoms with Crippen LogP contribution in [0.25, 0.3) is 21.0 Å². The molecule has 0 aliphatic carbocycles. The number of rotatable bonds is 5. The van der Waals surface area contributed by atoms with Gasteiger partial charge in [0.2, 0.25) is 5.91 Å². The Hall–Kier alpha value is -3.57. The lowest BCUT2D eigenvalue weighted by Gasteiger charge is -2.20. The number of anilines is 1. The minimum Gasteiger partial charge on any atom is -0.283 e. The first-order valence-corrected chi connectivity index (χ1v) is 10.9. The van der Waals surface area contributed by atoms with Crippen LogP contribution in [0.15, 0.2) is 91.0 Å². The van der Waals surface area contributed by atoms with Gasteiger partial charge in [-0.3, -0.25) is 9.69 Å². The maximum atomic E-state index is 14.2. The largest absolute Gasteiger partial charge is 0.283 e. The zero-order chi connectivity index (χ0) is 21.2. The number of nitrogens with zero attached hydrogens (tertiary/aromatic N) is 2. The van der Waals surface area contributed by atoms with Gasteiger partial charge in [0.1, 0.15) is 11.3 Å². The van der Waals surface area contributed by atoms with Crippen LogP contribution < -0.4 is 4.90 Å². The molecule has 5 heteroatoms. The Morgan fingerprint density at radius 1 is 0.839 bits per heavy atom. The lowest BCUT2D eigenvalue weighted by molar-refractivity contribution is -0.118. The summed E-state index contributed by atoms with van der Waals surface area (Å²) < 4.78 is 15.0. The van der Waals surface area contributed by atoms with Crippen LogP contribution in [0.5, 0.6) is 0 Å². The fourth-order valence-electron chi connectivity index (χ4n) is 3.67. The Kier molecular flexibility index (Phi) is 5.18. The second-order valence-corrected chi connectivity index (χ2v) is 8.42. The fourth-order valence-corrected chi connectivity index (χ4v) is 4.66. The molecule has 0 aliphatic heterocycles. The topological polar surface area (TPSA) is 33.2 Å². The van der Waals surface area contributed by atoms with Crippen molar-refractivity contribution in [2.75, 3.05) is 4.90 Å². The number of hydrogen-bond acceptors (Lipinski definition) is 3. The summed E-state index contributed by atoms with van der Waals surface area (Å²) in [4.78, 5) is 19.5. The molecule has 0 fully saturated rings. The molecule has 0 N–H and O–H groups in total.